The molecule has 5 heteroatoms. The first-order valence-electron chi connectivity index (χ1n) is 5.90. The van der Waals surface area contributed by atoms with Crippen LogP contribution in [0.3, 0.4) is 0 Å². The number of rotatable bonds is 6. The minimum absolute atomic E-state index is 0.00561. The third kappa shape index (κ3) is 3.13. The number of ether oxygens (including phenoxy) is 2. The van der Waals surface area contributed by atoms with Crippen molar-refractivity contribution in [2.75, 3.05) is 32.2 Å². The molecule has 1 amide bonds. The summed E-state index contributed by atoms with van der Waals surface area (Å²) in [6.07, 6.45) is 0.861. The average molecular weight is 252 g/mol. The van der Waals surface area contributed by atoms with Gasteiger partial charge in [0.05, 0.1) is 20.8 Å². The molecule has 0 spiro atoms. The van der Waals surface area contributed by atoms with E-state index in [1.807, 2.05) is 13.0 Å². The third-order valence-corrected chi connectivity index (χ3v) is 2.60. The first-order valence-corrected chi connectivity index (χ1v) is 5.90. The number of hydrogen-bond donors (Lipinski definition) is 1. The Hall–Kier alpha value is -1.75. The molecule has 0 saturated heterocycles. The molecule has 2 N–H and O–H groups in total. The maximum Gasteiger partial charge on any atom is 0.240 e. The molecule has 100 valence electrons. The molecule has 0 bridgehead atoms. The zero-order valence-corrected chi connectivity index (χ0v) is 11.1. The van der Waals surface area contributed by atoms with Gasteiger partial charge < -0.3 is 20.1 Å². The predicted octanol–water partition coefficient (Wildman–Crippen LogP) is 1.41. The molecule has 1 aromatic carbocycles. The van der Waals surface area contributed by atoms with Crippen LogP contribution < -0.4 is 20.1 Å². The SMILES string of the molecule is CCCN(C(=O)CN)c1ccc(OC)c(OC)c1. The number of anilines is 1. The summed E-state index contributed by atoms with van der Waals surface area (Å²) >= 11 is 0. The molecule has 0 aliphatic rings. The van der Waals surface area contributed by atoms with Crippen LogP contribution in [0.15, 0.2) is 18.2 Å². The van der Waals surface area contributed by atoms with E-state index in [4.69, 9.17) is 15.2 Å². The summed E-state index contributed by atoms with van der Waals surface area (Å²) < 4.78 is 10.4. The van der Waals surface area contributed by atoms with Gasteiger partial charge >= 0.3 is 0 Å². The van der Waals surface area contributed by atoms with Crippen molar-refractivity contribution in [3.8, 4) is 11.5 Å². The standard InChI is InChI=1S/C13H20N2O3/c1-4-7-15(13(16)9-14)10-5-6-11(17-2)12(8-10)18-3/h5-6,8H,4,7,9,14H2,1-3H3. The van der Waals surface area contributed by atoms with Crippen molar-refractivity contribution >= 4 is 11.6 Å². The monoisotopic (exact) mass is 252 g/mol. The van der Waals surface area contributed by atoms with Gasteiger partial charge in [-0.1, -0.05) is 6.92 Å². The highest BCUT2D eigenvalue weighted by atomic mass is 16.5. The van der Waals surface area contributed by atoms with Gasteiger partial charge in [-0.15, -0.1) is 0 Å². The summed E-state index contributed by atoms with van der Waals surface area (Å²) in [5.41, 5.74) is 6.19. The van der Waals surface area contributed by atoms with Gasteiger partial charge in [0, 0.05) is 18.3 Å². The van der Waals surface area contributed by atoms with Crippen LogP contribution in [0.25, 0.3) is 0 Å². The van der Waals surface area contributed by atoms with Crippen molar-refractivity contribution in [2.24, 2.45) is 5.73 Å². The molecule has 0 aliphatic carbocycles. The van der Waals surface area contributed by atoms with Crippen LogP contribution in [0, 0.1) is 0 Å². The molecule has 18 heavy (non-hydrogen) atoms. The summed E-state index contributed by atoms with van der Waals surface area (Å²) in [6, 6.07) is 5.38. The van der Waals surface area contributed by atoms with Gasteiger partial charge in [0.15, 0.2) is 11.5 Å². The molecule has 1 rings (SSSR count). The van der Waals surface area contributed by atoms with Crippen LogP contribution >= 0.6 is 0 Å². The lowest BCUT2D eigenvalue weighted by atomic mass is 10.2. The van der Waals surface area contributed by atoms with E-state index >= 15 is 0 Å². The summed E-state index contributed by atoms with van der Waals surface area (Å²) in [4.78, 5) is 13.4. The summed E-state index contributed by atoms with van der Waals surface area (Å²) in [7, 11) is 3.14. The lowest BCUT2D eigenvalue weighted by Crippen LogP contribution is -2.36. The van der Waals surface area contributed by atoms with Crippen LogP contribution in [0.1, 0.15) is 13.3 Å². The second-order valence-corrected chi connectivity index (χ2v) is 3.79. The Labute approximate surface area is 107 Å². The Bertz CT molecular complexity index is 407. The van der Waals surface area contributed by atoms with Crippen LogP contribution in [-0.2, 0) is 4.79 Å². The number of carbonyl (C=O) groups is 1. The normalized spacial score (nSPS) is 10.0. The fourth-order valence-corrected chi connectivity index (χ4v) is 1.72. The van der Waals surface area contributed by atoms with Crippen LogP contribution in [0.5, 0.6) is 11.5 Å². The smallest absolute Gasteiger partial charge is 0.240 e. The predicted molar refractivity (Wildman–Crippen MR) is 71.2 cm³/mol. The molecule has 0 aliphatic heterocycles. The fourth-order valence-electron chi connectivity index (χ4n) is 1.72. The topological polar surface area (TPSA) is 64.8 Å². The second kappa shape index (κ2) is 6.86. The minimum atomic E-state index is -0.107. The molecule has 0 heterocycles. The average Bonchev–Trinajstić information content (AvgIpc) is 2.43. The Kier molecular flexibility index (Phi) is 5.45. The molecule has 0 aromatic heterocycles. The van der Waals surface area contributed by atoms with Crippen molar-refractivity contribution in [3.63, 3.8) is 0 Å². The molecule has 0 fully saturated rings. The lowest BCUT2D eigenvalue weighted by molar-refractivity contribution is -0.117. The van der Waals surface area contributed by atoms with Gasteiger partial charge in [-0.2, -0.15) is 0 Å². The van der Waals surface area contributed by atoms with Crippen molar-refractivity contribution in [1.29, 1.82) is 0 Å². The maximum atomic E-state index is 11.8. The van der Waals surface area contributed by atoms with Gasteiger partial charge in [0.25, 0.3) is 0 Å². The largest absolute Gasteiger partial charge is 0.493 e. The van der Waals surface area contributed by atoms with Gasteiger partial charge in [0.2, 0.25) is 5.91 Å². The molecule has 0 atom stereocenters. The third-order valence-electron chi connectivity index (χ3n) is 2.60. The van der Waals surface area contributed by atoms with E-state index in [-0.39, 0.29) is 12.5 Å². The fraction of sp³-hybridized carbons (Fsp3) is 0.462. The molecule has 1 aromatic rings. The van der Waals surface area contributed by atoms with Gasteiger partial charge in [-0.25, -0.2) is 0 Å². The van der Waals surface area contributed by atoms with Crippen LogP contribution in [0.4, 0.5) is 5.69 Å². The van der Waals surface area contributed by atoms with E-state index in [0.717, 1.165) is 12.1 Å². The second-order valence-electron chi connectivity index (χ2n) is 3.79. The van der Waals surface area contributed by atoms with E-state index in [0.29, 0.717) is 18.0 Å². The van der Waals surface area contributed by atoms with Crippen molar-refractivity contribution in [1.82, 2.24) is 0 Å². The number of benzene rings is 1. The number of nitrogens with two attached hydrogens (primary N) is 1. The molecule has 5 nitrogen and oxygen atoms in total. The molecular weight excluding hydrogens is 232 g/mol. The quantitative estimate of drug-likeness (QED) is 0.831. The van der Waals surface area contributed by atoms with Crippen LogP contribution in [-0.4, -0.2) is 33.2 Å². The zero-order chi connectivity index (χ0) is 13.5. The van der Waals surface area contributed by atoms with E-state index in [1.54, 1.807) is 31.3 Å². The van der Waals surface area contributed by atoms with E-state index < -0.39 is 0 Å². The van der Waals surface area contributed by atoms with Gasteiger partial charge in [0.1, 0.15) is 0 Å². The number of hydrogen-bond acceptors (Lipinski definition) is 4. The Balaban J connectivity index is 3.08. The van der Waals surface area contributed by atoms with E-state index in [1.165, 1.54) is 0 Å². The molecular formula is C13H20N2O3. The first kappa shape index (κ1) is 14.3. The number of methoxy groups -OCH3 is 2. The molecule has 0 saturated carbocycles. The Morgan fingerprint density at radius 1 is 1.28 bits per heavy atom. The number of carbonyl (C=O) groups excluding carboxylic acids is 1. The number of nitrogens with zero attached hydrogens (tertiary/aromatic N) is 1. The Morgan fingerprint density at radius 2 is 1.94 bits per heavy atom. The summed E-state index contributed by atoms with van der Waals surface area (Å²) in [5, 5.41) is 0. The van der Waals surface area contributed by atoms with Crippen molar-refractivity contribution in [3.05, 3.63) is 18.2 Å². The van der Waals surface area contributed by atoms with E-state index in [9.17, 15) is 4.79 Å². The van der Waals surface area contributed by atoms with E-state index in [2.05, 4.69) is 0 Å². The summed E-state index contributed by atoms with van der Waals surface area (Å²) in [6.45, 7) is 2.64. The molecule has 0 unspecified atom stereocenters. The van der Waals surface area contributed by atoms with Gasteiger partial charge in [-0.05, 0) is 18.6 Å². The van der Waals surface area contributed by atoms with Crippen LogP contribution in [0.2, 0.25) is 0 Å². The van der Waals surface area contributed by atoms with Crippen molar-refractivity contribution < 1.29 is 14.3 Å². The number of amides is 1. The van der Waals surface area contributed by atoms with Crippen molar-refractivity contribution in [2.45, 2.75) is 13.3 Å². The molecule has 0 radical (unpaired) electrons. The highest BCUT2D eigenvalue weighted by Crippen LogP contribution is 2.31. The highest BCUT2D eigenvalue weighted by Gasteiger charge is 2.15. The summed E-state index contributed by atoms with van der Waals surface area (Å²) in [5.74, 6) is 1.13. The van der Waals surface area contributed by atoms with Gasteiger partial charge in [-0.3, -0.25) is 4.79 Å². The highest BCUT2D eigenvalue weighted by molar-refractivity contribution is 5.95. The zero-order valence-electron chi connectivity index (χ0n) is 11.1. The lowest BCUT2D eigenvalue weighted by Gasteiger charge is -2.22. The minimum Gasteiger partial charge on any atom is -0.493 e. The first-order chi connectivity index (χ1) is 8.67. The maximum absolute atomic E-state index is 11.8. The Morgan fingerprint density at radius 3 is 2.44 bits per heavy atom.